The van der Waals surface area contributed by atoms with Crippen molar-refractivity contribution in [1.82, 2.24) is 5.32 Å². The van der Waals surface area contributed by atoms with Crippen LogP contribution in [0, 0.1) is 0 Å². The molecule has 0 aliphatic rings. The van der Waals surface area contributed by atoms with Gasteiger partial charge in [-0.2, -0.15) is 0 Å². The molecule has 0 aromatic heterocycles. The van der Waals surface area contributed by atoms with Crippen LogP contribution in [0.4, 0.5) is 5.69 Å². The molecule has 0 aliphatic heterocycles. The Labute approximate surface area is 147 Å². The van der Waals surface area contributed by atoms with E-state index in [-0.39, 0.29) is 11.0 Å². The highest BCUT2D eigenvalue weighted by molar-refractivity contribution is 7.80. The van der Waals surface area contributed by atoms with Crippen LogP contribution in [0.15, 0.2) is 60.7 Å². The average molecular weight is 340 g/mol. The number of anilines is 1. The summed E-state index contributed by atoms with van der Waals surface area (Å²) >= 11 is 5.14. The lowest BCUT2D eigenvalue weighted by Gasteiger charge is -2.09. The first kappa shape index (κ1) is 17.7. The van der Waals surface area contributed by atoms with E-state index in [9.17, 15) is 4.79 Å². The number of nitrogens with one attached hydrogen (secondary N) is 2. The highest BCUT2D eigenvalue weighted by atomic mass is 32.1. The van der Waals surface area contributed by atoms with E-state index in [0.29, 0.717) is 6.61 Å². The first-order chi connectivity index (χ1) is 11.7. The molecule has 0 unspecified atom stereocenters. The molecule has 2 N–H and O–H groups in total. The summed E-state index contributed by atoms with van der Waals surface area (Å²) in [7, 11) is 0. The maximum atomic E-state index is 11.8. The smallest absolute Gasteiger partial charge is 0.250 e. The third-order valence-corrected chi connectivity index (χ3v) is 3.25. The van der Waals surface area contributed by atoms with Crippen molar-refractivity contribution in [3.63, 3.8) is 0 Å². The van der Waals surface area contributed by atoms with Gasteiger partial charge in [0.1, 0.15) is 5.75 Å². The van der Waals surface area contributed by atoms with Crippen LogP contribution < -0.4 is 15.4 Å². The van der Waals surface area contributed by atoms with Gasteiger partial charge in [-0.1, -0.05) is 37.3 Å². The first-order valence-electron chi connectivity index (χ1n) is 7.75. The molecule has 0 saturated carbocycles. The van der Waals surface area contributed by atoms with Crippen molar-refractivity contribution in [2.45, 2.75) is 13.3 Å². The molecule has 0 aliphatic carbocycles. The van der Waals surface area contributed by atoms with E-state index < -0.39 is 0 Å². The molecule has 0 fully saturated rings. The van der Waals surface area contributed by atoms with Gasteiger partial charge in [0, 0.05) is 11.8 Å². The van der Waals surface area contributed by atoms with E-state index >= 15 is 0 Å². The zero-order chi connectivity index (χ0) is 17.2. The fourth-order valence-corrected chi connectivity index (χ4v) is 2.12. The van der Waals surface area contributed by atoms with E-state index in [4.69, 9.17) is 17.0 Å². The van der Waals surface area contributed by atoms with Gasteiger partial charge in [0.05, 0.1) is 6.61 Å². The van der Waals surface area contributed by atoms with Crippen molar-refractivity contribution in [1.29, 1.82) is 0 Å². The number of ether oxygens (including phenoxy) is 1. The third kappa shape index (κ3) is 6.22. The van der Waals surface area contributed by atoms with Gasteiger partial charge in [0.2, 0.25) is 5.91 Å². The minimum Gasteiger partial charge on any atom is -0.494 e. The molecule has 2 aromatic carbocycles. The van der Waals surface area contributed by atoms with Gasteiger partial charge in [-0.25, -0.2) is 0 Å². The van der Waals surface area contributed by atoms with Gasteiger partial charge in [-0.3, -0.25) is 10.1 Å². The number of carbonyl (C=O) groups is 1. The summed E-state index contributed by atoms with van der Waals surface area (Å²) in [4.78, 5) is 11.8. The fraction of sp³-hybridized carbons (Fsp3) is 0.158. The monoisotopic (exact) mass is 340 g/mol. The molecule has 0 radical (unpaired) electrons. The zero-order valence-electron chi connectivity index (χ0n) is 13.5. The summed E-state index contributed by atoms with van der Waals surface area (Å²) in [6.45, 7) is 2.75. The second kappa shape index (κ2) is 9.47. The molecule has 0 spiro atoms. The molecule has 2 rings (SSSR count). The number of carbonyl (C=O) groups excluding carboxylic acids is 1. The summed E-state index contributed by atoms with van der Waals surface area (Å²) in [5, 5.41) is 5.83. The van der Waals surface area contributed by atoms with E-state index in [1.165, 1.54) is 6.08 Å². The van der Waals surface area contributed by atoms with Gasteiger partial charge < -0.3 is 10.1 Å². The van der Waals surface area contributed by atoms with Crippen LogP contribution in [0.2, 0.25) is 0 Å². The normalized spacial score (nSPS) is 10.4. The molecular weight excluding hydrogens is 320 g/mol. The second-order valence-electron chi connectivity index (χ2n) is 5.06. The number of rotatable bonds is 6. The maximum absolute atomic E-state index is 11.8. The minimum absolute atomic E-state index is 0.250. The Morgan fingerprint density at radius 1 is 1.12 bits per heavy atom. The predicted octanol–water partition coefficient (Wildman–Crippen LogP) is 4.00. The number of amides is 1. The quantitative estimate of drug-likeness (QED) is 0.616. The van der Waals surface area contributed by atoms with Gasteiger partial charge in [0.15, 0.2) is 5.11 Å². The Bertz CT molecular complexity index is 697. The van der Waals surface area contributed by atoms with Crippen LogP contribution in [-0.2, 0) is 4.79 Å². The second-order valence-corrected chi connectivity index (χ2v) is 5.47. The molecule has 4 nitrogen and oxygen atoms in total. The van der Waals surface area contributed by atoms with Crippen molar-refractivity contribution < 1.29 is 9.53 Å². The fourth-order valence-electron chi connectivity index (χ4n) is 1.91. The van der Waals surface area contributed by atoms with Crippen LogP contribution in [0.25, 0.3) is 6.08 Å². The summed E-state index contributed by atoms with van der Waals surface area (Å²) in [5.41, 5.74) is 1.74. The molecule has 2 aromatic rings. The van der Waals surface area contributed by atoms with Crippen molar-refractivity contribution in [3.8, 4) is 5.75 Å². The molecule has 0 bridgehead atoms. The van der Waals surface area contributed by atoms with Crippen molar-refractivity contribution >= 4 is 35.0 Å². The largest absolute Gasteiger partial charge is 0.494 e. The Morgan fingerprint density at radius 3 is 2.50 bits per heavy atom. The molecule has 0 atom stereocenters. The van der Waals surface area contributed by atoms with Crippen molar-refractivity contribution in [2.75, 3.05) is 11.9 Å². The molecule has 0 heterocycles. The molecular formula is C19H20N2O2S. The third-order valence-electron chi connectivity index (χ3n) is 3.05. The van der Waals surface area contributed by atoms with Crippen LogP contribution in [0.3, 0.4) is 0 Å². The number of hydrogen-bond acceptors (Lipinski definition) is 3. The van der Waals surface area contributed by atoms with Crippen LogP contribution in [0.5, 0.6) is 5.75 Å². The summed E-state index contributed by atoms with van der Waals surface area (Å²) in [6, 6.07) is 17.0. The Hall–Kier alpha value is -2.66. The zero-order valence-corrected chi connectivity index (χ0v) is 14.3. The topological polar surface area (TPSA) is 50.4 Å². The van der Waals surface area contributed by atoms with Crippen molar-refractivity contribution in [3.05, 3.63) is 66.2 Å². The van der Waals surface area contributed by atoms with Gasteiger partial charge in [-0.05, 0) is 54.5 Å². The molecule has 1 amide bonds. The van der Waals surface area contributed by atoms with E-state index in [2.05, 4.69) is 17.6 Å². The standard InChI is InChI=1S/C19H20N2O2S/c1-2-14-23-17-11-9-16(10-12-17)20-19(24)21-18(22)13-8-15-6-4-3-5-7-15/h3-13H,2,14H2,1H3,(H2,20,21,22,24)/b13-8+. The van der Waals surface area contributed by atoms with E-state index in [0.717, 1.165) is 23.4 Å². The maximum Gasteiger partial charge on any atom is 0.250 e. The SMILES string of the molecule is CCCOc1ccc(NC(=S)NC(=O)/C=C/c2ccccc2)cc1. The van der Waals surface area contributed by atoms with Crippen molar-refractivity contribution in [2.24, 2.45) is 0 Å². The lowest BCUT2D eigenvalue weighted by molar-refractivity contribution is -0.115. The summed E-state index contributed by atoms with van der Waals surface area (Å²) < 4.78 is 5.51. The average Bonchev–Trinajstić information content (AvgIpc) is 2.60. The molecule has 0 saturated heterocycles. The summed E-state index contributed by atoms with van der Waals surface area (Å²) in [5.74, 6) is 0.530. The number of hydrogen-bond donors (Lipinski definition) is 2. The first-order valence-corrected chi connectivity index (χ1v) is 8.16. The van der Waals surface area contributed by atoms with E-state index in [1.807, 2.05) is 54.6 Å². The molecule has 24 heavy (non-hydrogen) atoms. The molecule has 124 valence electrons. The molecule has 5 heteroatoms. The van der Waals surface area contributed by atoms with Gasteiger partial charge in [0.25, 0.3) is 0 Å². The minimum atomic E-state index is -0.278. The number of benzene rings is 2. The van der Waals surface area contributed by atoms with Gasteiger partial charge in [-0.15, -0.1) is 0 Å². The lowest BCUT2D eigenvalue weighted by Crippen LogP contribution is -2.32. The van der Waals surface area contributed by atoms with Crippen LogP contribution in [-0.4, -0.2) is 17.6 Å². The number of thiocarbonyl (C=S) groups is 1. The lowest BCUT2D eigenvalue weighted by atomic mass is 10.2. The summed E-state index contributed by atoms with van der Waals surface area (Å²) in [6.07, 6.45) is 4.15. The Morgan fingerprint density at radius 2 is 1.83 bits per heavy atom. The Kier molecular flexibility index (Phi) is 6.98. The highest BCUT2D eigenvalue weighted by Crippen LogP contribution is 2.15. The predicted molar refractivity (Wildman–Crippen MR) is 102 cm³/mol. The van der Waals surface area contributed by atoms with E-state index in [1.54, 1.807) is 6.08 Å². The van der Waals surface area contributed by atoms with Crippen LogP contribution >= 0.6 is 12.2 Å². The Balaban J connectivity index is 1.82. The van der Waals surface area contributed by atoms with Crippen LogP contribution in [0.1, 0.15) is 18.9 Å². The highest BCUT2D eigenvalue weighted by Gasteiger charge is 2.02. The van der Waals surface area contributed by atoms with Gasteiger partial charge >= 0.3 is 0 Å².